The number of nitrogens with two attached hydrogens (primary N) is 1. The van der Waals surface area contributed by atoms with Crippen LogP contribution in [0, 0.1) is 5.92 Å². The van der Waals surface area contributed by atoms with Gasteiger partial charge in [-0.1, -0.05) is 0 Å². The summed E-state index contributed by atoms with van der Waals surface area (Å²) in [7, 11) is 0. The quantitative estimate of drug-likeness (QED) is 0.904. The van der Waals surface area contributed by atoms with E-state index in [4.69, 9.17) is 5.73 Å². The van der Waals surface area contributed by atoms with Crippen molar-refractivity contribution in [3.8, 4) is 0 Å². The maximum atomic E-state index is 12.5. The molecule has 1 aliphatic heterocycles. The second-order valence-corrected chi connectivity index (χ2v) is 5.41. The van der Waals surface area contributed by atoms with Crippen molar-refractivity contribution < 1.29 is 22.8 Å². The summed E-state index contributed by atoms with van der Waals surface area (Å²) in [6.07, 6.45) is -2.41. The highest BCUT2D eigenvalue weighted by atomic mass is 19.4. The van der Waals surface area contributed by atoms with Crippen molar-refractivity contribution in [2.45, 2.75) is 32.0 Å². The van der Waals surface area contributed by atoms with Crippen molar-refractivity contribution in [3.63, 3.8) is 0 Å². The molecule has 1 aromatic heterocycles. The lowest BCUT2D eigenvalue weighted by molar-refractivity contribution is -0.141. The fourth-order valence-corrected chi connectivity index (χ4v) is 2.48. The van der Waals surface area contributed by atoms with Crippen LogP contribution in [-0.4, -0.2) is 34.3 Å². The Bertz CT molecular complexity index is 572. The maximum absolute atomic E-state index is 12.5. The van der Waals surface area contributed by atoms with Gasteiger partial charge >= 0.3 is 6.18 Å². The standard InChI is InChI=1S/C14H16F3N3O2/c1-8-2-3-10(12(18)21)7-20(8)13(22)9-4-5-11(19-6-9)14(15,16)17/h4-6,8,10H,2-3,7H2,1H3,(H2,18,21)/t8-,10-/m0/s1. The lowest BCUT2D eigenvalue weighted by Crippen LogP contribution is -2.48. The van der Waals surface area contributed by atoms with Gasteiger partial charge in [-0.25, -0.2) is 0 Å². The van der Waals surface area contributed by atoms with Crippen LogP contribution in [0.2, 0.25) is 0 Å². The Labute approximate surface area is 125 Å². The van der Waals surface area contributed by atoms with E-state index < -0.39 is 29.6 Å². The Kier molecular flexibility index (Phi) is 4.39. The van der Waals surface area contributed by atoms with Crippen molar-refractivity contribution in [2.75, 3.05) is 6.54 Å². The van der Waals surface area contributed by atoms with E-state index in [0.29, 0.717) is 12.8 Å². The lowest BCUT2D eigenvalue weighted by Gasteiger charge is -2.36. The molecule has 0 unspecified atom stereocenters. The Morgan fingerprint density at radius 2 is 2.00 bits per heavy atom. The molecule has 0 aromatic carbocycles. The number of halogens is 3. The molecule has 1 saturated heterocycles. The summed E-state index contributed by atoms with van der Waals surface area (Å²) in [5.74, 6) is -1.35. The monoisotopic (exact) mass is 315 g/mol. The molecule has 2 atom stereocenters. The third-order valence-electron chi connectivity index (χ3n) is 3.85. The number of carbonyl (C=O) groups excluding carboxylic acids is 2. The van der Waals surface area contributed by atoms with Crippen LogP contribution < -0.4 is 5.73 Å². The molecule has 5 nitrogen and oxygen atoms in total. The van der Waals surface area contributed by atoms with Gasteiger partial charge in [-0.3, -0.25) is 14.6 Å². The van der Waals surface area contributed by atoms with Crippen LogP contribution in [0.3, 0.4) is 0 Å². The number of hydrogen-bond donors (Lipinski definition) is 1. The van der Waals surface area contributed by atoms with Crippen molar-refractivity contribution >= 4 is 11.8 Å². The van der Waals surface area contributed by atoms with E-state index in [9.17, 15) is 22.8 Å². The molecule has 22 heavy (non-hydrogen) atoms. The largest absolute Gasteiger partial charge is 0.433 e. The van der Waals surface area contributed by atoms with Gasteiger partial charge in [-0.05, 0) is 31.9 Å². The summed E-state index contributed by atoms with van der Waals surface area (Å²) in [5.41, 5.74) is 4.28. The van der Waals surface area contributed by atoms with E-state index in [1.165, 1.54) is 4.90 Å². The number of aromatic nitrogens is 1. The number of piperidine rings is 1. The molecular weight excluding hydrogens is 299 g/mol. The SMILES string of the molecule is C[C@H]1CC[C@H](C(N)=O)CN1C(=O)c1ccc(C(F)(F)F)nc1. The summed E-state index contributed by atoms with van der Waals surface area (Å²) >= 11 is 0. The molecule has 2 amide bonds. The molecule has 2 rings (SSSR count). The van der Waals surface area contributed by atoms with Crippen molar-refractivity contribution in [1.82, 2.24) is 9.88 Å². The molecule has 2 N–H and O–H groups in total. The minimum atomic E-state index is -4.54. The first-order chi connectivity index (χ1) is 10.2. The smallest absolute Gasteiger partial charge is 0.369 e. The number of primary amides is 1. The van der Waals surface area contributed by atoms with E-state index in [0.717, 1.165) is 18.3 Å². The second-order valence-electron chi connectivity index (χ2n) is 5.41. The fourth-order valence-electron chi connectivity index (χ4n) is 2.48. The number of rotatable bonds is 2. The van der Waals surface area contributed by atoms with Crippen molar-refractivity contribution in [3.05, 3.63) is 29.6 Å². The Morgan fingerprint density at radius 3 is 2.50 bits per heavy atom. The average Bonchev–Trinajstić information content (AvgIpc) is 2.46. The zero-order valence-electron chi connectivity index (χ0n) is 11.9. The van der Waals surface area contributed by atoms with Crippen LogP contribution in [0.15, 0.2) is 18.3 Å². The lowest BCUT2D eigenvalue weighted by atomic mass is 9.92. The van der Waals surface area contributed by atoms with Crippen LogP contribution in [-0.2, 0) is 11.0 Å². The van der Waals surface area contributed by atoms with Crippen LogP contribution >= 0.6 is 0 Å². The zero-order valence-corrected chi connectivity index (χ0v) is 11.9. The predicted molar refractivity (Wildman–Crippen MR) is 71.7 cm³/mol. The zero-order chi connectivity index (χ0) is 16.5. The number of amides is 2. The highest BCUT2D eigenvalue weighted by Gasteiger charge is 2.34. The fraction of sp³-hybridized carbons (Fsp3) is 0.500. The number of carbonyl (C=O) groups is 2. The summed E-state index contributed by atoms with van der Waals surface area (Å²) in [4.78, 5) is 28.4. The van der Waals surface area contributed by atoms with E-state index in [1.54, 1.807) is 0 Å². The van der Waals surface area contributed by atoms with Gasteiger partial charge in [0.05, 0.1) is 11.5 Å². The van der Waals surface area contributed by atoms with Gasteiger partial charge in [0.25, 0.3) is 5.91 Å². The summed E-state index contributed by atoms with van der Waals surface area (Å²) in [5, 5.41) is 0. The van der Waals surface area contributed by atoms with E-state index in [1.807, 2.05) is 6.92 Å². The molecule has 1 aliphatic rings. The molecular formula is C14H16F3N3O2. The number of pyridine rings is 1. The molecule has 8 heteroatoms. The van der Waals surface area contributed by atoms with Crippen LogP contribution in [0.25, 0.3) is 0 Å². The van der Waals surface area contributed by atoms with Gasteiger partial charge in [0.15, 0.2) is 0 Å². The third-order valence-corrected chi connectivity index (χ3v) is 3.85. The minimum absolute atomic E-state index is 0.0602. The summed E-state index contributed by atoms with van der Waals surface area (Å²) < 4.78 is 37.4. The average molecular weight is 315 g/mol. The first-order valence-corrected chi connectivity index (χ1v) is 6.83. The molecule has 1 aromatic rings. The summed E-state index contributed by atoms with van der Waals surface area (Å²) in [6, 6.07) is 1.76. The maximum Gasteiger partial charge on any atom is 0.433 e. The first kappa shape index (κ1) is 16.3. The van der Waals surface area contributed by atoms with Crippen LogP contribution in [0.4, 0.5) is 13.2 Å². The van der Waals surface area contributed by atoms with Gasteiger partial charge < -0.3 is 10.6 Å². The van der Waals surface area contributed by atoms with Crippen LogP contribution in [0.1, 0.15) is 35.8 Å². The van der Waals surface area contributed by atoms with Gasteiger partial charge in [-0.15, -0.1) is 0 Å². The molecule has 0 saturated carbocycles. The van der Waals surface area contributed by atoms with E-state index in [-0.39, 0.29) is 18.2 Å². The molecule has 0 radical (unpaired) electrons. The number of nitrogens with zero attached hydrogens (tertiary/aromatic N) is 2. The van der Waals surface area contributed by atoms with Gasteiger partial charge in [-0.2, -0.15) is 13.2 Å². The normalized spacial score (nSPS) is 22.5. The van der Waals surface area contributed by atoms with Gasteiger partial charge in [0.1, 0.15) is 5.69 Å². The van der Waals surface area contributed by atoms with Gasteiger partial charge in [0.2, 0.25) is 5.91 Å². The van der Waals surface area contributed by atoms with Crippen molar-refractivity contribution in [2.24, 2.45) is 11.7 Å². The Balaban J connectivity index is 2.17. The molecule has 0 aliphatic carbocycles. The molecule has 1 fully saturated rings. The molecule has 2 heterocycles. The van der Waals surface area contributed by atoms with E-state index >= 15 is 0 Å². The molecule has 0 bridgehead atoms. The minimum Gasteiger partial charge on any atom is -0.369 e. The van der Waals surface area contributed by atoms with E-state index in [2.05, 4.69) is 4.98 Å². The van der Waals surface area contributed by atoms with Crippen LogP contribution in [0.5, 0.6) is 0 Å². The topological polar surface area (TPSA) is 76.3 Å². The number of hydrogen-bond acceptors (Lipinski definition) is 3. The predicted octanol–water partition coefficient (Wildman–Crippen LogP) is 1.83. The Morgan fingerprint density at radius 1 is 1.32 bits per heavy atom. The van der Waals surface area contributed by atoms with Crippen molar-refractivity contribution in [1.29, 1.82) is 0 Å². The molecule has 0 spiro atoms. The highest BCUT2D eigenvalue weighted by molar-refractivity contribution is 5.94. The Hall–Kier alpha value is -2.12. The third kappa shape index (κ3) is 3.37. The second kappa shape index (κ2) is 5.94. The number of likely N-dealkylation sites (tertiary alicyclic amines) is 1. The van der Waals surface area contributed by atoms with Gasteiger partial charge in [0, 0.05) is 18.8 Å². The molecule has 120 valence electrons. The first-order valence-electron chi connectivity index (χ1n) is 6.83. The number of alkyl halides is 3. The summed E-state index contributed by atoms with van der Waals surface area (Å²) in [6.45, 7) is 2.00. The highest BCUT2D eigenvalue weighted by Crippen LogP contribution is 2.28.